The zero-order valence-electron chi connectivity index (χ0n) is 48.7. The Kier molecular flexibility index (Phi) is 26.4. The molecule has 15 atom stereocenters. The van der Waals surface area contributed by atoms with Gasteiger partial charge in [-0.15, -0.1) is 0 Å². The lowest BCUT2D eigenvalue weighted by molar-refractivity contribution is -0.324. The van der Waals surface area contributed by atoms with E-state index in [2.05, 4.69) is 36.9 Å². The second kappa shape index (κ2) is 32.8. The van der Waals surface area contributed by atoms with E-state index in [1.54, 1.807) is 0 Å². The normalized spacial score (nSPS) is 26.8. The van der Waals surface area contributed by atoms with Gasteiger partial charge in [0.25, 0.3) is 0 Å². The summed E-state index contributed by atoms with van der Waals surface area (Å²) in [6, 6.07) is 21.1. The summed E-state index contributed by atoms with van der Waals surface area (Å²) in [5.41, 5.74) is 0.718. The van der Waals surface area contributed by atoms with Crippen LogP contribution in [-0.2, 0) is 166 Å². The minimum Gasteiger partial charge on any atom is -0.726 e. The van der Waals surface area contributed by atoms with E-state index in [9.17, 15) is 110 Å². The quantitative estimate of drug-likeness (QED) is 0.0262. The van der Waals surface area contributed by atoms with E-state index < -0.39 is 233 Å². The van der Waals surface area contributed by atoms with Crippen molar-refractivity contribution in [2.75, 3.05) is 13.2 Å². The second-order valence-corrected chi connectivity index (χ2v) is 28.0. The SMILES string of the molecule is O=C(Cc1ccccc1)NCC1O[C@@H](OC2C(NC(=O)Cc3ccccc3)C[C@@H](NC(=O)Cc3ccccc3)[C@H](OC3OC(COS(=O)(=O)[O-])[C@@H](OS(=O)(=O)[O-])[C@H](NC(=O)Cc4ccccc4)[C@H]3OS(=O)(=O)[O-])[C@H]2OS(=O)(=O)[O-])[C@H](OS(=O)(=O)[O-])[C@@H](OS(=O)(=O)[O-])C1OS(=O)(=O)[O-]. The van der Waals surface area contributed by atoms with Crippen LogP contribution < -0.4 is 21.3 Å². The van der Waals surface area contributed by atoms with Crippen molar-refractivity contribution in [1.29, 1.82) is 0 Å². The third kappa shape index (κ3) is 26.1. The largest absolute Gasteiger partial charge is 0.726 e. The van der Waals surface area contributed by atoms with Gasteiger partial charge in [0.2, 0.25) is 96.4 Å². The molecule has 0 spiro atoms. The summed E-state index contributed by atoms with van der Waals surface area (Å²) >= 11 is 0. The van der Waals surface area contributed by atoms with Gasteiger partial charge in [-0.2, -0.15) is 0 Å². The summed E-state index contributed by atoms with van der Waals surface area (Å²) in [5, 5.41) is 8.87. The Morgan fingerprint density at radius 3 is 1.05 bits per heavy atom. The number of hydrogen-bond donors (Lipinski definition) is 4. The summed E-state index contributed by atoms with van der Waals surface area (Å²) in [6.45, 7) is -3.16. The summed E-state index contributed by atoms with van der Waals surface area (Å²) < 4.78 is 320. The first-order valence-corrected chi connectivity index (χ1v) is 36.7. The molecule has 0 bridgehead atoms. The van der Waals surface area contributed by atoms with Gasteiger partial charge in [0.15, 0.2) is 18.7 Å². The fourth-order valence-electron chi connectivity index (χ4n) is 10.4. The van der Waals surface area contributed by atoms with Gasteiger partial charge in [-0.1, -0.05) is 121 Å². The molecule has 538 valence electrons. The van der Waals surface area contributed by atoms with Gasteiger partial charge in [0, 0.05) is 6.54 Å². The molecule has 40 nitrogen and oxygen atoms in total. The van der Waals surface area contributed by atoms with Crippen molar-refractivity contribution in [3.63, 3.8) is 0 Å². The fourth-order valence-corrected chi connectivity index (χ4v) is 13.6. The molecule has 4 N–H and O–H groups in total. The lowest BCUT2D eigenvalue weighted by atomic mass is 9.82. The van der Waals surface area contributed by atoms with Crippen molar-refractivity contribution in [3.05, 3.63) is 144 Å². The molecule has 47 heteroatoms. The number of rotatable bonds is 32. The third-order valence-electron chi connectivity index (χ3n) is 13.9. The van der Waals surface area contributed by atoms with Gasteiger partial charge in [0.05, 0.1) is 50.4 Å². The maximum Gasteiger partial charge on any atom is 0.224 e. The highest BCUT2D eigenvalue weighted by molar-refractivity contribution is 7.82. The van der Waals surface area contributed by atoms with Crippen molar-refractivity contribution in [2.24, 2.45) is 0 Å². The smallest absolute Gasteiger partial charge is 0.224 e. The van der Waals surface area contributed by atoms with Crippen molar-refractivity contribution in [3.8, 4) is 0 Å². The van der Waals surface area contributed by atoms with Crippen LogP contribution in [0.2, 0.25) is 0 Å². The molecule has 2 saturated heterocycles. The lowest BCUT2D eigenvalue weighted by Crippen LogP contribution is -2.72. The van der Waals surface area contributed by atoms with Crippen LogP contribution in [0, 0.1) is 0 Å². The molecule has 1 saturated carbocycles. The summed E-state index contributed by atoms with van der Waals surface area (Å²) in [5.74, 6) is -4.76. The van der Waals surface area contributed by atoms with Gasteiger partial charge < -0.3 is 72.1 Å². The number of hydrogen-bond acceptors (Lipinski definition) is 36. The van der Waals surface area contributed by atoms with Crippen molar-refractivity contribution < 1.29 is 158 Å². The topological polar surface area (TPSA) is 618 Å². The number of amides is 4. The van der Waals surface area contributed by atoms with E-state index >= 15 is 0 Å². The molecule has 0 radical (unpaired) electrons. The molecule has 2 heterocycles. The van der Waals surface area contributed by atoms with Gasteiger partial charge >= 0.3 is 0 Å². The molecule has 0 aromatic heterocycles. The van der Waals surface area contributed by atoms with Crippen molar-refractivity contribution in [1.82, 2.24) is 21.3 Å². The molecular formula is C50H53N4O36S7-7. The van der Waals surface area contributed by atoms with Gasteiger partial charge in [-0.05, 0) is 28.7 Å². The van der Waals surface area contributed by atoms with Crippen molar-refractivity contribution >= 4 is 96.4 Å². The fraction of sp³-hybridized carbons (Fsp3) is 0.440. The van der Waals surface area contributed by atoms with Crippen LogP contribution >= 0.6 is 0 Å². The van der Waals surface area contributed by atoms with E-state index in [1.165, 1.54) is 121 Å². The van der Waals surface area contributed by atoms with Crippen molar-refractivity contribution in [2.45, 2.75) is 124 Å². The first-order valence-electron chi connectivity index (χ1n) is 27.4. The number of carbonyl (C=O) groups excluding carboxylic acids is 4. The molecule has 1 aliphatic carbocycles. The predicted octanol–water partition coefficient (Wildman–Crippen LogP) is -5.30. The van der Waals surface area contributed by atoms with Crippen LogP contribution in [0.3, 0.4) is 0 Å². The summed E-state index contributed by atoms with van der Waals surface area (Å²) in [7, 11) is -44.6. The molecule has 7 rings (SSSR count). The van der Waals surface area contributed by atoms with Gasteiger partial charge in [-0.3, -0.25) is 48.5 Å². The summed E-state index contributed by atoms with van der Waals surface area (Å²) in [6.07, 6.45) is -40.6. The van der Waals surface area contributed by atoms with Crippen LogP contribution in [0.1, 0.15) is 28.7 Å². The highest BCUT2D eigenvalue weighted by Crippen LogP contribution is 2.39. The minimum absolute atomic E-state index is 0.0965. The van der Waals surface area contributed by atoms with E-state index in [1.807, 2.05) is 5.32 Å². The lowest BCUT2D eigenvalue weighted by Gasteiger charge is -2.52. The van der Waals surface area contributed by atoms with Gasteiger partial charge in [0.1, 0.15) is 54.9 Å². The number of ether oxygens (including phenoxy) is 4. The Morgan fingerprint density at radius 2 is 0.670 bits per heavy atom. The standard InChI is InChI=1S/C50H60N4O36S7/c55-36(21-28-13-5-1-6-14-28)51-26-34-44(86-93(65,66)67)47(89-96(74,75)76)48(90-97(77,78)79)50(81-34)84-42-33(53-38(57)23-30-17-9-3-10-18-30)25-32(52-37(56)22-29-15-7-2-8-16-29)41(46(42)88-95(71,72)73)83-49-45(87-94(68,69)70)40(54-39(58)24-31-19-11-4-12-20-31)43(85-92(62,63)64)35(82-49)27-80-91(59,60)61/h1-20,32-35,40-50H,21-27H2,(H,51,55)(H,52,56)(H,53,57)(H,54,58)(H,59,60,61)(H,62,63,64)(H,65,66,67)(H,68,69,70)(H,71,72,73)(H,74,75,76)(H,77,78,79)/p-7/t32-,33?,34?,35?,40+,41+,42?,43-,44?,45-,46-,47+,48-,49?,50+/m1/s1. The molecule has 6 unspecified atom stereocenters. The molecule has 97 heavy (non-hydrogen) atoms. The summed E-state index contributed by atoms with van der Waals surface area (Å²) in [4.78, 5) is 55.9. The molecule has 3 aliphatic rings. The minimum atomic E-state index is -6.58. The molecular weight excluding hydrogens is 1460 g/mol. The van der Waals surface area contributed by atoms with E-state index in [0.29, 0.717) is 0 Å². The van der Waals surface area contributed by atoms with E-state index in [4.69, 9.17) is 27.3 Å². The first kappa shape index (κ1) is 78.0. The van der Waals surface area contributed by atoms with Crippen LogP contribution in [0.15, 0.2) is 121 Å². The number of nitrogens with one attached hydrogen (secondary N) is 4. The molecule has 4 aromatic rings. The Morgan fingerprint density at radius 1 is 0.361 bits per heavy atom. The Balaban J connectivity index is 1.47. The maximum atomic E-state index is 14.3. The van der Waals surface area contributed by atoms with E-state index in [-0.39, 0.29) is 22.3 Å². The predicted molar refractivity (Wildman–Crippen MR) is 304 cm³/mol. The van der Waals surface area contributed by atoms with Gasteiger partial charge in [-0.25, -0.2) is 58.9 Å². The Bertz CT molecular complexity index is 4210. The van der Waals surface area contributed by atoms with Crippen LogP contribution in [0.5, 0.6) is 0 Å². The Labute approximate surface area is 553 Å². The Hall–Kier alpha value is -6.31. The zero-order chi connectivity index (χ0) is 71.5. The molecule has 2 aliphatic heterocycles. The van der Waals surface area contributed by atoms with Crippen LogP contribution in [-0.4, -0.2) is 219 Å². The number of carbonyl (C=O) groups is 4. The molecule has 4 amide bonds. The second-order valence-electron chi connectivity index (χ2n) is 20.9. The first-order chi connectivity index (χ1) is 45.0. The average molecular weight is 1510 g/mol. The maximum absolute atomic E-state index is 14.3. The zero-order valence-corrected chi connectivity index (χ0v) is 54.4. The monoisotopic (exact) mass is 1510 g/mol. The van der Waals surface area contributed by atoms with Crippen LogP contribution in [0.4, 0.5) is 0 Å². The van der Waals surface area contributed by atoms with E-state index in [0.717, 1.165) is 0 Å². The highest BCUT2D eigenvalue weighted by Gasteiger charge is 2.59. The molecule has 4 aromatic carbocycles. The third-order valence-corrected chi connectivity index (χ3v) is 17.0. The highest BCUT2D eigenvalue weighted by atomic mass is 32.3. The number of benzene rings is 4. The van der Waals surface area contributed by atoms with Crippen LogP contribution in [0.25, 0.3) is 0 Å². The molecule has 3 fully saturated rings. The average Bonchev–Trinajstić information content (AvgIpc) is 0.758.